The fourth-order valence-corrected chi connectivity index (χ4v) is 3.80. The Bertz CT molecular complexity index is 680. The lowest BCUT2D eigenvalue weighted by atomic mass is 10.0. The molecule has 2 amide bonds. The maximum absolute atomic E-state index is 12.6. The second-order valence-corrected chi connectivity index (χ2v) is 7.54. The number of nitrogens with zero attached hydrogens (tertiary/aromatic N) is 1. The van der Waals surface area contributed by atoms with Crippen molar-refractivity contribution in [1.82, 2.24) is 10.2 Å². The summed E-state index contributed by atoms with van der Waals surface area (Å²) in [7, 11) is 1.67. The zero-order valence-corrected chi connectivity index (χ0v) is 14.8. The first kappa shape index (κ1) is 16.4. The molecule has 134 valence electrons. The second-order valence-electron chi connectivity index (χ2n) is 7.54. The van der Waals surface area contributed by atoms with E-state index in [1.807, 2.05) is 23.1 Å². The Morgan fingerprint density at radius 3 is 2.68 bits per heavy atom. The van der Waals surface area contributed by atoms with Crippen molar-refractivity contribution in [3.63, 3.8) is 0 Å². The lowest BCUT2D eigenvalue weighted by Gasteiger charge is -2.25. The molecule has 1 atom stereocenters. The Morgan fingerprint density at radius 1 is 1.20 bits per heavy atom. The van der Waals surface area contributed by atoms with E-state index in [0.29, 0.717) is 18.0 Å². The van der Waals surface area contributed by atoms with Crippen molar-refractivity contribution in [2.24, 2.45) is 5.92 Å². The van der Waals surface area contributed by atoms with Crippen LogP contribution >= 0.6 is 0 Å². The van der Waals surface area contributed by atoms with Gasteiger partial charge in [0.25, 0.3) is 5.91 Å². The highest BCUT2D eigenvalue weighted by Gasteiger charge is 2.38. The monoisotopic (exact) mass is 342 g/mol. The molecule has 0 radical (unpaired) electrons. The molecule has 4 rings (SSSR count). The summed E-state index contributed by atoms with van der Waals surface area (Å²) in [5.74, 6) is 1.88. The first-order valence-corrected chi connectivity index (χ1v) is 9.44. The quantitative estimate of drug-likeness (QED) is 0.865. The predicted molar refractivity (Wildman–Crippen MR) is 94.8 cm³/mol. The molecule has 0 spiro atoms. The van der Waals surface area contributed by atoms with Gasteiger partial charge in [-0.15, -0.1) is 0 Å². The van der Waals surface area contributed by atoms with Gasteiger partial charge >= 0.3 is 0 Å². The summed E-state index contributed by atoms with van der Waals surface area (Å²) in [6, 6.07) is 5.83. The van der Waals surface area contributed by atoms with Gasteiger partial charge in [0.2, 0.25) is 5.91 Å². The van der Waals surface area contributed by atoms with Crippen LogP contribution in [0.1, 0.15) is 60.4 Å². The smallest absolute Gasteiger partial charge is 0.251 e. The molecule has 1 aliphatic heterocycles. The number of nitrogens with one attached hydrogen (secondary N) is 1. The average Bonchev–Trinajstić information content (AvgIpc) is 3.55. The van der Waals surface area contributed by atoms with Gasteiger partial charge in [-0.05, 0) is 68.2 Å². The molecule has 0 bridgehead atoms. The van der Waals surface area contributed by atoms with Gasteiger partial charge in [0.1, 0.15) is 5.75 Å². The summed E-state index contributed by atoms with van der Waals surface area (Å²) in [6.07, 6.45) is 6.42. The maximum atomic E-state index is 12.6. The highest BCUT2D eigenvalue weighted by atomic mass is 16.5. The molecule has 0 aromatic heterocycles. The molecule has 0 unspecified atom stereocenters. The van der Waals surface area contributed by atoms with Gasteiger partial charge in [0, 0.05) is 30.6 Å². The molecule has 5 nitrogen and oxygen atoms in total. The van der Waals surface area contributed by atoms with Gasteiger partial charge in [-0.3, -0.25) is 9.59 Å². The summed E-state index contributed by atoms with van der Waals surface area (Å²) in [4.78, 5) is 26.9. The van der Waals surface area contributed by atoms with Crippen LogP contribution < -0.4 is 10.1 Å². The molecule has 1 aromatic rings. The number of hydrogen-bond acceptors (Lipinski definition) is 3. The topological polar surface area (TPSA) is 58.6 Å². The number of hydrogen-bond donors (Lipinski definition) is 1. The first-order valence-electron chi connectivity index (χ1n) is 9.44. The molecule has 1 N–H and O–H groups in total. The van der Waals surface area contributed by atoms with Crippen LogP contribution in [-0.4, -0.2) is 43.0 Å². The van der Waals surface area contributed by atoms with Gasteiger partial charge in [-0.1, -0.05) is 0 Å². The number of benzene rings is 1. The number of methoxy groups -OCH3 is 1. The maximum Gasteiger partial charge on any atom is 0.251 e. The standard InChI is InChI=1S/C20H26N2O3/c1-25-18-9-8-15(11-17(18)13-4-5-13)19(23)21-12-16-3-2-10-22(16)20(24)14-6-7-14/h8-9,11,13-14,16H,2-7,10,12H2,1H3,(H,21,23)/t16-/m0/s1. The minimum Gasteiger partial charge on any atom is -0.496 e. The van der Waals surface area contributed by atoms with Gasteiger partial charge in [0.15, 0.2) is 0 Å². The van der Waals surface area contributed by atoms with Crippen molar-refractivity contribution in [3.8, 4) is 5.75 Å². The zero-order valence-electron chi connectivity index (χ0n) is 14.8. The average molecular weight is 342 g/mol. The molecular formula is C20H26N2O3. The van der Waals surface area contributed by atoms with Gasteiger partial charge in [0.05, 0.1) is 7.11 Å². The van der Waals surface area contributed by atoms with E-state index in [0.717, 1.165) is 43.5 Å². The molecule has 3 fully saturated rings. The molecule has 2 aliphatic carbocycles. The van der Waals surface area contributed by atoms with Crippen molar-refractivity contribution in [2.45, 2.75) is 50.5 Å². The Balaban J connectivity index is 1.38. The highest BCUT2D eigenvalue weighted by Crippen LogP contribution is 2.44. The largest absolute Gasteiger partial charge is 0.496 e. The van der Waals surface area contributed by atoms with Gasteiger partial charge in [-0.25, -0.2) is 0 Å². The Hall–Kier alpha value is -2.04. The van der Waals surface area contributed by atoms with E-state index < -0.39 is 0 Å². The summed E-state index contributed by atoms with van der Waals surface area (Å²) in [6.45, 7) is 1.38. The van der Waals surface area contributed by atoms with Gasteiger partial charge in [-0.2, -0.15) is 0 Å². The minimum absolute atomic E-state index is 0.0599. The SMILES string of the molecule is COc1ccc(C(=O)NC[C@@H]2CCCN2C(=O)C2CC2)cc1C1CC1. The third kappa shape index (κ3) is 3.51. The van der Waals surface area contributed by atoms with Crippen LogP contribution in [0.3, 0.4) is 0 Å². The van der Waals surface area contributed by atoms with E-state index in [2.05, 4.69) is 5.32 Å². The third-order valence-corrected chi connectivity index (χ3v) is 5.59. The molecule has 3 aliphatic rings. The van der Waals surface area contributed by atoms with Gasteiger partial charge < -0.3 is 15.0 Å². The number of likely N-dealkylation sites (tertiary alicyclic amines) is 1. The number of carbonyl (C=O) groups is 2. The van der Waals surface area contributed by atoms with Crippen LogP contribution in [0.4, 0.5) is 0 Å². The first-order chi connectivity index (χ1) is 12.2. The van der Waals surface area contributed by atoms with E-state index in [-0.39, 0.29) is 23.8 Å². The van der Waals surface area contributed by atoms with E-state index in [9.17, 15) is 9.59 Å². The zero-order chi connectivity index (χ0) is 17.4. The van der Waals surface area contributed by atoms with E-state index in [4.69, 9.17) is 4.74 Å². The number of amides is 2. The Morgan fingerprint density at radius 2 is 2.00 bits per heavy atom. The van der Waals surface area contributed by atoms with Crippen LogP contribution in [0, 0.1) is 5.92 Å². The lowest BCUT2D eigenvalue weighted by Crippen LogP contribution is -2.43. The van der Waals surface area contributed by atoms with E-state index >= 15 is 0 Å². The minimum atomic E-state index is -0.0599. The van der Waals surface area contributed by atoms with Crippen molar-refractivity contribution in [1.29, 1.82) is 0 Å². The van der Waals surface area contributed by atoms with Crippen molar-refractivity contribution >= 4 is 11.8 Å². The number of ether oxygens (including phenoxy) is 1. The molecular weight excluding hydrogens is 316 g/mol. The summed E-state index contributed by atoms with van der Waals surface area (Å²) in [5, 5.41) is 3.04. The second kappa shape index (κ2) is 6.70. The molecule has 25 heavy (non-hydrogen) atoms. The summed E-state index contributed by atoms with van der Waals surface area (Å²) < 4.78 is 5.42. The number of carbonyl (C=O) groups excluding carboxylic acids is 2. The normalized spacial score (nSPS) is 22.8. The fourth-order valence-electron chi connectivity index (χ4n) is 3.80. The van der Waals surface area contributed by atoms with Crippen LogP contribution in [0.15, 0.2) is 18.2 Å². The summed E-state index contributed by atoms with van der Waals surface area (Å²) >= 11 is 0. The lowest BCUT2D eigenvalue weighted by molar-refractivity contribution is -0.133. The number of rotatable bonds is 6. The van der Waals surface area contributed by atoms with Crippen LogP contribution in [0.2, 0.25) is 0 Å². The molecule has 5 heteroatoms. The predicted octanol–water partition coefficient (Wildman–Crippen LogP) is 2.70. The van der Waals surface area contributed by atoms with Crippen molar-refractivity contribution in [2.75, 3.05) is 20.2 Å². The summed E-state index contributed by atoms with van der Waals surface area (Å²) in [5.41, 5.74) is 1.82. The molecule has 1 heterocycles. The van der Waals surface area contributed by atoms with Crippen LogP contribution in [0.25, 0.3) is 0 Å². The third-order valence-electron chi connectivity index (χ3n) is 5.59. The molecule has 1 aromatic carbocycles. The van der Waals surface area contributed by atoms with E-state index in [1.165, 1.54) is 12.8 Å². The molecule has 1 saturated heterocycles. The Kier molecular flexibility index (Phi) is 4.40. The Labute approximate surface area is 148 Å². The highest BCUT2D eigenvalue weighted by molar-refractivity contribution is 5.94. The fraction of sp³-hybridized carbons (Fsp3) is 0.600. The van der Waals surface area contributed by atoms with Crippen LogP contribution in [0.5, 0.6) is 5.75 Å². The van der Waals surface area contributed by atoms with Crippen LogP contribution in [-0.2, 0) is 4.79 Å². The van der Waals surface area contributed by atoms with E-state index in [1.54, 1.807) is 7.11 Å². The van der Waals surface area contributed by atoms with Crippen molar-refractivity contribution in [3.05, 3.63) is 29.3 Å². The van der Waals surface area contributed by atoms with Crippen molar-refractivity contribution < 1.29 is 14.3 Å². The molecule has 2 saturated carbocycles.